The Hall–Kier alpha value is -0.370. The predicted octanol–water partition coefficient (Wildman–Crippen LogP) is 2.13. The van der Waals surface area contributed by atoms with E-state index in [1.165, 1.54) is 6.42 Å². The van der Waals surface area contributed by atoms with Gasteiger partial charge >= 0.3 is 0 Å². The zero-order valence-corrected chi connectivity index (χ0v) is 10.2. The van der Waals surface area contributed by atoms with Crippen molar-refractivity contribution in [2.45, 2.75) is 53.1 Å². The van der Waals surface area contributed by atoms with Crippen molar-refractivity contribution in [3.63, 3.8) is 0 Å². The number of nitrogens with zero attached hydrogens (tertiary/aromatic N) is 1. The molecule has 0 aromatic heterocycles. The fourth-order valence-corrected chi connectivity index (χ4v) is 1.31. The highest BCUT2D eigenvalue weighted by Crippen LogP contribution is 2.09. The molecule has 80 valence electrons. The van der Waals surface area contributed by atoms with Gasteiger partial charge in [0.2, 0.25) is 0 Å². The molecule has 1 fully saturated rings. The van der Waals surface area contributed by atoms with E-state index in [1.54, 1.807) is 0 Å². The maximum atomic E-state index is 3.78. The summed E-state index contributed by atoms with van der Waals surface area (Å²) in [5.74, 6) is 0. The van der Waals surface area contributed by atoms with Gasteiger partial charge in [0.05, 0.1) is 6.04 Å². The normalized spacial score (nSPS) is 24.2. The Morgan fingerprint density at radius 3 is 1.92 bits per heavy atom. The van der Waals surface area contributed by atoms with Crippen LogP contribution >= 0.6 is 0 Å². The van der Waals surface area contributed by atoms with Crippen molar-refractivity contribution in [2.75, 3.05) is 13.6 Å². The Morgan fingerprint density at radius 1 is 1.31 bits per heavy atom. The van der Waals surface area contributed by atoms with E-state index in [1.807, 2.05) is 39.3 Å². The zero-order chi connectivity index (χ0) is 10.9. The molecule has 0 aromatic rings. The first-order chi connectivity index (χ1) is 6.18. The number of hydrogen-bond donors (Lipinski definition) is 1. The molecule has 0 aromatic carbocycles. The minimum Gasteiger partial charge on any atom is -0.306 e. The average molecular weight is 187 g/mol. The van der Waals surface area contributed by atoms with Crippen molar-refractivity contribution in [3.05, 3.63) is 0 Å². The van der Waals surface area contributed by atoms with Gasteiger partial charge in [-0.1, -0.05) is 27.7 Å². The Kier molecular flexibility index (Phi) is 11.3. The molecule has 0 aliphatic carbocycles. The van der Waals surface area contributed by atoms with Gasteiger partial charge < -0.3 is 5.32 Å². The first-order valence-corrected chi connectivity index (χ1v) is 5.46. The van der Waals surface area contributed by atoms with Crippen LogP contribution in [0.4, 0.5) is 0 Å². The lowest BCUT2D eigenvalue weighted by atomic mass is 9.99. The van der Waals surface area contributed by atoms with Crippen molar-refractivity contribution in [2.24, 2.45) is 0 Å². The number of likely N-dealkylation sites (N-methyl/N-ethyl adjacent to an activating group) is 1. The fraction of sp³-hybridized carbons (Fsp3) is 0.909. The van der Waals surface area contributed by atoms with Crippen LogP contribution in [0.25, 0.3) is 0 Å². The predicted molar refractivity (Wildman–Crippen MR) is 61.9 cm³/mol. The summed E-state index contributed by atoms with van der Waals surface area (Å²) in [5.41, 5.74) is 0. The molecule has 0 bridgehead atoms. The molecular formula is C11H27N2+. The van der Waals surface area contributed by atoms with Crippen LogP contribution in [0.3, 0.4) is 0 Å². The summed E-state index contributed by atoms with van der Waals surface area (Å²) in [6.07, 6.45) is 1.31. The molecule has 13 heavy (non-hydrogen) atoms. The molecule has 1 heterocycles. The lowest BCUT2D eigenvalue weighted by Gasteiger charge is -2.32. The van der Waals surface area contributed by atoms with E-state index in [0.717, 1.165) is 12.6 Å². The maximum Gasteiger partial charge on any atom is 0.157 e. The molecule has 2 unspecified atom stereocenters. The molecule has 1 aliphatic heterocycles. The quantitative estimate of drug-likeness (QED) is 0.517. The molecule has 2 heteroatoms. The minimum atomic E-state index is 0.697. The molecule has 0 saturated carbocycles. The van der Waals surface area contributed by atoms with Gasteiger partial charge in [0.25, 0.3) is 0 Å². The third-order valence-electron chi connectivity index (χ3n) is 1.69. The van der Waals surface area contributed by atoms with E-state index in [4.69, 9.17) is 0 Å². The largest absolute Gasteiger partial charge is 0.306 e. The Balaban J connectivity index is 0. The highest BCUT2D eigenvalue weighted by molar-refractivity contribution is 5.14. The van der Waals surface area contributed by atoms with Crippen molar-refractivity contribution < 1.29 is 4.58 Å². The standard InChI is InChI=1S/C7H15N2.2C2H6/c1-6-4-7(8-6)5-9(2)3;2*1-2/h6-8H,2,4-5H2,1,3H3;2*1-2H3/q+1;;. The number of rotatable bonds is 2. The topological polar surface area (TPSA) is 15.0 Å². The van der Waals surface area contributed by atoms with Gasteiger partial charge in [-0.15, -0.1) is 0 Å². The van der Waals surface area contributed by atoms with E-state index < -0.39 is 0 Å². The summed E-state index contributed by atoms with van der Waals surface area (Å²) in [7, 11) is 2.00. The fourth-order valence-electron chi connectivity index (χ4n) is 1.31. The van der Waals surface area contributed by atoms with Crippen LogP contribution in [-0.2, 0) is 0 Å². The molecule has 0 amide bonds. The van der Waals surface area contributed by atoms with Crippen LogP contribution in [0.5, 0.6) is 0 Å². The summed E-state index contributed by atoms with van der Waals surface area (Å²) in [6, 6.07) is 1.43. The molecule has 1 saturated heterocycles. The van der Waals surface area contributed by atoms with Crippen molar-refractivity contribution >= 4 is 6.72 Å². The van der Waals surface area contributed by atoms with Gasteiger partial charge in [0, 0.05) is 6.04 Å². The summed E-state index contributed by atoms with van der Waals surface area (Å²) >= 11 is 0. The average Bonchev–Trinajstić information content (AvgIpc) is 2.08. The summed E-state index contributed by atoms with van der Waals surface area (Å²) in [6.45, 7) is 15.1. The second kappa shape index (κ2) is 9.72. The van der Waals surface area contributed by atoms with Gasteiger partial charge in [0.15, 0.2) is 6.54 Å². The van der Waals surface area contributed by atoms with Crippen LogP contribution < -0.4 is 5.32 Å². The molecule has 0 radical (unpaired) electrons. The smallest absolute Gasteiger partial charge is 0.157 e. The molecular weight excluding hydrogens is 160 g/mol. The number of nitrogens with one attached hydrogen (secondary N) is 1. The first kappa shape index (κ1) is 15.1. The third-order valence-corrected chi connectivity index (χ3v) is 1.69. The maximum absolute atomic E-state index is 3.78. The zero-order valence-electron chi connectivity index (χ0n) is 10.2. The first-order valence-electron chi connectivity index (χ1n) is 5.46. The summed E-state index contributed by atoms with van der Waals surface area (Å²) in [4.78, 5) is 0. The Bertz CT molecular complexity index is 115. The molecule has 2 nitrogen and oxygen atoms in total. The molecule has 1 aliphatic rings. The van der Waals surface area contributed by atoms with Crippen LogP contribution in [0.15, 0.2) is 0 Å². The van der Waals surface area contributed by atoms with Crippen LogP contribution in [0, 0.1) is 0 Å². The lowest BCUT2D eigenvalue weighted by Crippen LogP contribution is -2.53. The monoisotopic (exact) mass is 187 g/mol. The van der Waals surface area contributed by atoms with E-state index in [9.17, 15) is 0 Å². The molecule has 2 atom stereocenters. The van der Waals surface area contributed by atoms with Crippen molar-refractivity contribution in [1.82, 2.24) is 5.32 Å². The minimum absolute atomic E-state index is 0.697. The van der Waals surface area contributed by atoms with Gasteiger partial charge in [-0.05, 0) is 13.3 Å². The van der Waals surface area contributed by atoms with Crippen LogP contribution in [0.2, 0.25) is 0 Å². The van der Waals surface area contributed by atoms with Crippen molar-refractivity contribution in [3.8, 4) is 0 Å². The lowest BCUT2D eigenvalue weighted by molar-refractivity contribution is -0.494. The van der Waals surface area contributed by atoms with Crippen LogP contribution in [-0.4, -0.2) is 37.0 Å². The van der Waals surface area contributed by atoms with E-state index in [-0.39, 0.29) is 0 Å². The van der Waals surface area contributed by atoms with Crippen LogP contribution in [0.1, 0.15) is 41.0 Å². The Labute approximate surface area is 84.0 Å². The van der Waals surface area contributed by atoms with Gasteiger partial charge in [0.1, 0.15) is 13.8 Å². The number of hydrogen-bond acceptors (Lipinski definition) is 1. The molecule has 1 rings (SSSR count). The van der Waals surface area contributed by atoms with Gasteiger partial charge in [-0.25, -0.2) is 4.58 Å². The van der Waals surface area contributed by atoms with E-state index in [2.05, 4.69) is 19.0 Å². The second-order valence-corrected chi connectivity index (χ2v) is 3.04. The molecule has 1 N–H and O–H groups in total. The molecule has 0 spiro atoms. The SMILES string of the molecule is C=[N+](C)CC1CC(C)N1.CC.CC. The van der Waals surface area contributed by atoms with E-state index in [0.29, 0.717) is 6.04 Å². The van der Waals surface area contributed by atoms with Gasteiger partial charge in [-0.3, -0.25) is 0 Å². The second-order valence-electron chi connectivity index (χ2n) is 3.04. The third kappa shape index (κ3) is 7.97. The highest BCUT2D eigenvalue weighted by atomic mass is 15.1. The highest BCUT2D eigenvalue weighted by Gasteiger charge is 2.26. The summed E-state index contributed by atoms with van der Waals surface area (Å²) < 4.78 is 1.98. The Morgan fingerprint density at radius 2 is 1.69 bits per heavy atom. The van der Waals surface area contributed by atoms with Gasteiger partial charge in [-0.2, -0.15) is 0 Å². The van der Waals surface area contributed by atoms with Crippen molar-refractivity contribution in [1.29, 1.82) is 0 Å². The van der Waals surface area contributed by atoms with E-state index >= 15 is 0 Å². The summed E-state index contributed by atoms with van der Waals surface area (Å²) in [5, 5.41) is 3.39.